The summed E-state index contributed by atoms with van der Waals surface area (Å²) in [6.07, 6.45) is 1.03. The van der Waals surface area contributed by atoms with Gasteiger partial charge >= 0.3 is 5.97 Å². The number of benzene rings is 2. The molecule has 0 aliphatic rings. The van der Waals surface area contributed by atoms with Crippen molar-refractivity contribution >= 4 is 41.6 Å². The van der Waals surface area contributed by atoms with Crippen LogP contribution < -0.4 is 16.4 Å². The molecule has 8 heteroatoms. The Labute approximate surface area is 170 Å². The zero-order valence-electron chi connectivity index (χ0n) is 15.6. The molecule has 2 aromatic carbocycles. The number of hydrogen-bond donors (Lipinski definition) is 3. The quantitative estimate of drug-likeness (QED) is 0.460. The summed E-state index contributed by atoms with van der Waals surface area (Å²) < 4.78 is 4.46. The number of amides is 2. The van der Waals surface area contributed by atoms with E-state index in [1.807, 2.05) is 24.3 Å². The third kappa shape index (κ3) is 7.67. The fourth-order valence-corrected chi connectivity index (χ4v) is 2.43. The Kier molecular flexibility index (Phi) is 9.53. The molecular formula is C20H24ClN3O4. The fourth-order valence-electron chi connectivity index (χ4n) is 2.43. The standard InChI is InChI=1S/C20H23N3O4.ClH/c1-27-20(26)13-22-19(25)12-14-6-9-16(10-7-14)23-18(24)11-8-15-4-2-3-5-17(15)21;/h2-7,9-10H,8,11-13,21H2,1H3,(H,22,25)(H,23,24);1H. The molecule has 0 heterocycles. The fraction of sp³-hybridized carbons (Fsp3) is 0.250. The molecule has 0 saturated heterocycles. The number of esters is 1. The van der Waals surface area contributed by atoms with Gasteiger partial charge in [-0.25, -0.2) is 0 Å². The highest BCUT2D eigenvalue weighted by Crippen LogP contribution is 2.14. The lowest BCUT2D eigenvalue weighted by molar-refractivity contribution is -0.141. The van der Waals surface area contributed by atoms with Crippen LogP contribution in [0.5, 0.6) is 0 Å². The maximum Gasteiger partial charge on any atom is 0.325 e. The van der Waals surface area contributed by atoms with Crippen LogP contribution in [0, 0.1) is 0 Å². The summed E-state index contributed by atoms with van der Waals surface area (Å²) in [5, 5.41) is 5.29. The van der Waals surface area contributed by atoms with E-state index in [2.05, 4.69) is 15.4 Å². The number of carbonyl (C=O) groups is 3. The van der Waals surface area contributed by atoms with Crippen LogP contribution in [0.1, 0.15) is 17.5 Å². The van der Waals surface area contributed by atoms with Crippen molar-refractivity contribution < 1.29 is 19.1 Å². The Morgan fingerprint density at radius 1 is 1.00 bits per heavy atom. The van der Waals surface area contributed by atoms with Gasteiger partial charge in [0.25, 0.3) is 0 Å². The summed E-state index contributed by atoms with van der Waals surface area (Å²) in [6, 6.07) is 14.4. The highest BCUT2D eigenvalue weighted by Gasteiger charge is 2.08. The third-order valence-electron chi connectivity index (χ3n) is 3.94. The molecule has 2 rings (SSSR count). The Morgan fingerprint density at radius 3 is 2.32 bits per heavy atom. The maximum atomic E-state index is 12.1. The summed E-state index contributed by atoms with van der Waals surface area (Å²) in [5.41, 5.74) is 8.92. The number of carbonyl (C=O) groups excluding carboxylic acids is 3. The highest BCUT2D eigenvalue weighted by atomic mass is 35.5. The van der Waals surface area contributed by atoms with Crippen LogP contribution in [-0.4, -0.2) is 31.4 Å². The number of halogens is 1. The monoisotopic (exact) mass is 405 g/mol. The number of ether oxygens (including phenoxy) is 1. The zero-order chi connectivity index (χ0) is 19.6. The number of nitrogens with two attached hydrogens (primary N) is 1. The predicted molar refractivity (Wildman–Crippen MR) is 110 cm³/mol. The van der Waals surface area contributed by atoms with E-state index in [4.69, 9.17) is 5.73 Å². The minimum atomic E-state index is -0.501. The minimum Gasteiger partial charge on any atom is -0.468 e. The molecule has 28 heavy (non-hydrogen) atoms. The van der Waals surface area contributed by atoms with Crippen LogP contribution >= 0.6 is 12.4 Å². The summed E-state index contributed by atoms with van der Waals surface area (Å²) in [5.74, 6) is -0.891. The van der Waals surface area contributed by atoms with E-state index >= 15 is 0 Å². The van der Waals surface area contributed by atoms with Crippen LogP contribution in [0.4, 0.5) is 11.4 Å². The number of anilines is 2. The second-order valence-electron chi connectivity index (χ2n) is 5.97. The van der Waals surface area contributed by atoms with Crippen molar-refractivity contribution in [3.63, 3.8) is 0 Å². The van der Waals surface area contributed by atoms with Crippen molar-refractivity contribution in [3.8, 4) is 0 Å². The average Bonchev–Trinajstić information content (AvgIpc) is 2.67. The van der Waals surface area contributed by atoms with Crippen molar-refractivity contribution in [2.75, 3.05) is 24.7 Å². The van der Waals surface area contributed by atoms with Gasteiger partial charge in [0.2, 0.25) is 11.8 Å². The largest absolute Gasteiger partial charge is 0.468 e. The second-order valence-corrected chi connectivity index (χ2v) is 5.97. The second kappa shape index (κ2) is 11.6. The van der Waals surface area contributed by atoms with Gasteiger partial charge in [-0.15, -0.1) is 12.4 Å². The first-order chi connectivity index (χ1) is 13.0. The van der Waals surface area contributed by atoms with Gasteiger partial charge in [-0.2, -0.15) is 0 Å². The van der Waals surface area contributed by atoms with Crippen LogP contribution in [0.3, 0.4) is 0 Å². The molecule has 4 N–H and O–H groups in total. The van der Waals surface area contributed by atoms with E-state index in [-0.39, 0.29) is 37.2 Å². The maximum absolute atomic E-state index is 12.1. The van der Waals surface area contributed by atoms with Gasteiger partial charge in [0.1, 0.15) is 6.54 Å². The summed E-state index contributed by atoms with van der Waals surface area (Å²) in [7, 11) is 1.26. The Morgan fingerprint density at radius 2 is 1.68 bits per heavy atom. The van der Waals surface area contributed by atoms with E-state index in [0.717, 1.165) is 11.1 Å². The summed E-state index contributed by atoms with van der Waals surface area (Å²) in [6.45, 7) is -0.157. The van der Waals surface area contributed by atoms with Crippen molar-refractivity contribution in [3.05, 3.63) is 59.7 Å². The summed E-state index contributed by atoms with van der Waals surface area (Å²) >= 11 is 0. The molecule has 0 atom stereocenters. The molecule has 0 aromatic heterocycles. The van der Waals surface area contributed by atoms with Crippen LogP contribution in [0.2, 0.25) is 0 Å². The molecule has 0 fully saturated rings. The van der Waals surface area contributed by atoms with Crippen molar-refractivity contribution in [2.24, 2.45) is 0 Å². The molecule has 0 saturated carbocycles. The lowest BCUT2D eigenvalue weighted by Gasteiger charge is -2.08. The third-order valence-corrected chi connectivity index (χ3v) is 3.94. The van der Waals surface area contributed by atoms with Crippen LogP contribution in [0.15, 0.2) is 48.5 Å². The Hall–Kier alpha value is -3.06. The Balaban J connectivity index is 0.00000392. The molecule has 2 amide bonds. The van der Waals surface area contributed by atoms with Gasteiger partial charge in [-0.3, -0.25) is 14.4 Å². The number of hydrogen-bond acceptors (Lipinski definition) is 5. The van der Waals surface area contributed by atoms with E-state index < -0.39 is 5.97 Å². The molecule has 150 valence electrons. The molecule has 0 aliphatic heterocycles. The van der Waals surface area contributed by atoms with E-state index in [0.29, 0.717) is 24.2 Å². The number of para-hydroxylation sites is 1. The van der Waals surface area contributed by atoms with Gasteiger partial charge in [0, 0.05) is 17.8 Å². The van der Waals surface area contributed by atoms with Gasteiger partial charge in [-0.05, 0) is 35.7 Å². The van der Waals surface area contributed by atoms with E-state index in [1.54, 1.807) is 24.3 Å². The minimum absolute atomic E-state index is 0. The van der Waals surface area contributed by atoms with Gasteiger partial charge in [0.15, 0.2) is 0 Å². The summed E-state index contributed by atoms with van der Waals surface area (Å²) in [4.78, 5) is 34.8. The van der Waals surface area contributed by atoms with E-state index in [1.165, 1.54) is 7.11 Å². The number of rotatable bonds is 8. The normalized spacial score (nSPS) is 9.75. The number of nitrogen functional groups attached to an aromatic ring is 1. The van der Waals surface area contributed by atoms with Crippen molar-refractivity contribution in [2.45, 2.75) is 19.3 Å². The molecular weight excluding hydrogens is 382 g/mol. The Bertz CT molecular complexity index is 809. The first kappa shape index (κ1) is 23.0. The zero-order valence-corrected chi connectivity index (χ0v) is 16.4. The lowest BCUT2D eigenvalue weighted by atomic mass is 10.1. The molecule has 0 spiro atoms. The first-order valence-corrected chi connectivity index (χ1v) is 8.53. The smallest absolute Gasteiger partial charge is 0.325 e. The number of nitrogens with one attached hydrogen (secondary N) is 2. The topological polar surface area (TPSA) is 111 Å². The van der Waals surface area contributed by atoms with Crippen molar-refractivity contribution in [1.82, 2.24) is 5.32 Å². The molecule has 0 radical (unpaired) electrons. The molecule has 0 bridgehead atoms. The van der Waals surface area contributed by atoms with Gasteiger partial charge in [-0.1, -0.05) is 30.3 Å². The average molecular weight is 406 g/mol. The SMILES string of the molecule is COC(=O)CNC(=O)Cc1ccc(NC(=O)CCc2ccccc2N)cc1.Cl. The predicted octanol–water partition coefficient (Wildman–Crippen LogP) is 2.09. The highest BCUT2D eigenvalue weighted by molar-refractivity contribution is 5.91. The first-order valence-electron chi connectivity index (χ1n) is 8.53. The molecule has 2 aromatic rings. The van der Waals surface area contributed by atoms with E-state index in [9.17, 15) is 14.4 Å². The van der Waals surface area contributed by atoms with Gasteiger partial charge < -0.3 is 21.1 Å². The lowest BCUT2D eigenvalue weighted by Crippen LogP contribution is -2.31. The van der Waals surface area contributed by atoms with Crippen LogP contribution in [0.25, 0.3) is 0 Å². The number of aryl methyl sites for hydroxylation is 1. The van der Waals surface area contributed by atoms with Gasteiger partial charge in [0.05, 0.1) is 13.5 Å². The van der Waals surface area contributed by atoms with Crippen molar-refractivity contribution in [1.29, 1.82) is 0 Å². The molecule has 0 aliphatic carbocycles. The number of methoxy groups -OCH3 is 1. The van der Waals surface area contributed by atoms with Crippen LogP contribution in [-0.2, 0) is 32.0 Å². The molecule has 0 unspecified atom stereocenters. The molecule has 7 nitrogen and oxygen atoms in total.